The normalized spacial score (nSPS) is 10.9. The number of anilines is 1. The second kappa shape index (κ2) is 7.07. The van der Waals surface area contributed by atoms with Crippen molar-refractivity contribution in [2.45, 2.75) is 6.92 Å². The van der Waals surface area contributed by atoms with Crippen molar-refractivity contribution in [1.82, 2.24) is 14.6 Å². The molecule has 0 saturated carbocycles. The number of hydrogen-bond acceptors (Lipinski definition) is 5. The minimum absolute atomic E-state index is 0.276. The lowest BCUT2D eigenvalue weighted by Gasteiger charge is -2.05. The molecule has 0 aliphatic rings. The lowest BCUT2D eigenvalue weighted by atomic mass is 10.2. The van der Waals surface area contributed by atoms with E-state index in [1.807, 2.05) is 18.2 Å². The van der Waals surface area contributed by atoms with Crippen LogP contribution in [0.5, 0.6) is 5.75 Å². The fourth-order valence-corrected chi connectivity index (χ4v) is 2.98. The molecule has 0 aliphatic carbocycles. The summed E-state index contributed by atoms with van der Waals surface area (Å²) < 4.78 is 11.8. The molecule has 1 aromatic carbocycles. The van der Waals surface area contributed by atoms with Gasteiger partial charge >= 0.3 is 5.97 Å². The number of pyridine rings is 1. The highest BCUT2D eigenvalue weighted by atomic mass is 16.5. The number of rotatable bonds is 5. The van der Waals surface area contributed by atoms with Crippen LogP contribution in [0.25, 0.3) is 16.4 Å². The van der Waals surface area contributed by atoms with E-state index in [4.69, 9.17) is 9.47 Å². The number of hydrogen-bond donors (Lipinski definition) is 2. The van der Waals surface area contributed by atoms with Crippen LogP contribution in [0, 0.1) is 0 Å². The van der Waals surface area contributed by atoms with Crippen molar-refractivity contribution in [3.05, 3.63) is 60.0 Å². The number of nitrogens with one attached hydrogen (secondary N) is 2. The topological polar surface area (TPSA) is 97.7 Å². The van der Waals surface area contributed by atoms with Gasteiger partial charge in [-0.05, 0) is 37.3 Å². The predicted molar refractivity (Wildman–Crippen MR) is 104 cm³/mol. The Morgan fingerprint density at radius 1 is 1.21 bits per heavy atom. The van der Waals surface area contributed by atoms with Crippen LogP contribution in [0.2, 0.25) is 0 Å². The Morgan fingerprint density at radius 2 is 2.07 bits per heavy atom. The van der Waals surface area contributed by atoms with E-state index in [2.05, 4.69) is 15.4 Å². The summed E-state index contributed by atoms with van der Waals surface area (Å²) in [6.45, 7) is 2.02. The standard InChI is InChI=1S/C20H18N4O4/c1-3-28-20(26)15-11-21-24-7-6-13(9-18(15)24)22-19(25)17-8-12-4-5-14(27-2)10-16(12)23-17/h4-11,23H,3H2,1-2H3,(H,22,25). The van der Waals surface area contributed by atoms with E-state index >= 15 is 0 Å². The van der Waals surface area contributed by atoms with Crippen LogP contribution >= 0.6 is 0 Å². The number of nitrogens with zero attached hydrogens (tertiary/aromatic N) is 2. The molecule has 0 spiro atoms. The molecule has 28 heavy (non-hydrogen) atoms. The van der Waals surface area contributed by atoms with Crippen molar-refractivity contribution in [2.75, 3.05) is 19.0 Å². The molecule has 3 heterocycles. The van der Waals surface area contributed by atoms with E-state index < -0.39 is 5.97 Å². The zero-order valence-electron chi connectivity index (χ0n) is 15.4. The Bertz CT molecular complexity index is 1190. The molecule has 8 nitrogen and oxygen atoms in total. The number of aromatic nitrogens is 3. The monoisotopic (exact) mass is 378 g/mol. The molecule has 142 valence electrons. The van der Waals surface area contributed by atoms with E-state index in [0.29, 0.717) is 28.2 Å². The molecule has 0 aliphatic heterocycles. The highest BCUT2D eigenvalue weighted by Gasteiger charge is 2.15. The second-order valence-corrected chi connectivity index (χ2v) is 6.11. The summed E-state index contributed by atoms with van der Waals surface area (Å²) in [4.78, 5) is 27.8. The number of H-pyrrole nitrogens is 1. The summed E-state index contributed by atoms with van der Waals surface area (Å²) in [5.41, 5.74) is 2.66. The van der Waals surface area contributed by atoms with Crippen molar-refractivity contribution in [3.63, 3.8) is 0 Å². The summed E-state index contributed by atoms with van der Waals surface area (Å²) in [5.74, 6) is -0.0405. The van der Waals surface area contributed by atoms with Crippen LogP contribution in [0.1, 0.15) is 27.8 Å². The fraction of sp³-hybridized carbons (Fsp3) is 0.150. The summed E-state index contributed by atoms with van der Waals surface area (Å²) in [5, 5.41) is 7.87. The van der Waals surface area contributed by atoms with Gasteiger partial charge in [0.25, 0.3) is 5.91 Å². The summed E-state index contributed by atoms with van der Waals surface area (Å²) in [7, 11) is 1.59. The number of aromatic amines is 1. The van der Waals surface area contributed by atoms with Crippen LogP contribution in [0.4, 0.5) is 5.69 Å². The largest absolute Gasteiger partial charge is 0.497 e. The minimum atomic E-state index is -0.453. The molecular weight excluding hydrogens is 360 g/mol. The Labute approximate surface area is 160 Å². The van der Waals surface area contributed by atoms with Crippen LogP contribution in [0.3, 0.4) is 0 Å². The smallest absolute Gasteiger partial charge is 0.341 e. The maximum absolute atomic E-state index is 12.6. The number of benzene rings is 1. The van der Waals surface area contributed by atoms with Crippen LogP contribution in [-0.2, 0) is 4.74 Å². The molecule has 4 aromatic rings. The van der Waals surface area contributed by atoms with Gasteiger partial charge in [-0.25, -0.2) is 9.31 Å². The maximum atomic E-state index is 12.6. The first-order valence-electron chi connectivity index (χ1n) is 8.71. The van der Waals surface area contributed by atoms with Gasteiger partial charge in [-0.2, -0.15) is 5.10 Å². The van der Waals surface area contributed by atoms with Gasteiger partial charge in [0.05, 0.1) is 25.4 Å². The summed E-state index contributed by atoms with van der Waals surface area (Å²) in [6.07, 6.45) is 3.12. The first-order chi connectivity index (χ1) is 13.6. The Hall–Kier alpha value is -3.81. The molecule has 0 radical (unpaired) electrons. The van der Waals surface area contributed by atoms with Crippen molar-refractivity contribution in [3.8, 4) is 5.75 Å². The zero-order valence-corrected chi connectivity index (χ0v) is 15.4. The molecule has 0 fully saturated rings. The highest BCUT2D eigenvalue weighted by molar-refractivity contribution is 6.06. The van der Waals surface area contributed by atoms with Crippen molar-refractivity contribution >= 4 is 34.0 Å². The number of carbonyl (C=O) groups is 2. The molecule has 4 rings (SSSR count). The third-order valence-electron chi connectivity index (χ3n) is 4.35. The van der Waals surface area contributed by atoms with Gasteiger partial charge < -0.3 is 19.8 Å². The minimum Gasteiger partial charge on any atom is -0.497 e. The van der Waals surface area contributed by atoms with Gasteiger partial charge in [-0.15, -0.1) is 0 Å². The lowest BCUT2D eigenvalue weighted by Crippen LogP contribution is -2.12. The van der Waals surface area contributed by atoms with Crippen LogP contribution in [-0.4, -0.2) is 40.2 Å². The number of amides is 1. The quantitative estimate of drug-likeness (QED) is 0.520. The third-order valence-corrected chi connectivity index (χ3v) is 4.35. The third kappa shape index (κ3) is 3.16. The van der Waals surface area contributed by atoms with E-state index in [1.54, 1.807) is 42.9 Å². The Kier molecular flexibility index (Phi) is 4.44. The van der Waals surface area contributed by atoms with E-state index in [1.165, 1.54) is 6.20 Å². The highest BCUT2D eigenvalue weighted by Crippen LogP contribution is 2.22. The Morgan fingerprint density at radius 3 is 2.86 bits per heavy atom. The van der Waals surface area contributed by atoms with Gasteiger partial charge in [0.1, 0.15) is 17.0 Å². The number of ether oxygens (including phenoxy) is 2. The van der Waals surface area contributed by atoms with Crippen LogP contribution in [0.15, 0.2) is 48.8 Å². The molecule has 0 atom stereocenters. The maximum Gasteiger partial charge on any atom is 0.341 e. The molecule has 0 unspecified atom stereocenters. The molecule has 1 amide bonds. The number of methoxy groups -OCH3 is 1. The first-order valence-corrected chi connectivity index (χ1v) is 8.71. The van der Waals surface area contributed by atoms with Crippen LogP contribution < -0.4 is 10.1 Å². The predicted octanol–water partition coefficient (Wildman–Crippen LogP) is 3.25. The van der Waals surface area contributed by atoms with Gasteiger partial charge in [0.2, 0.25) is 0 Å². The summed E-state index contributed by atoms with van der Waals surface area (Å²) in [6, 6.07) is 10.7. The molecule has 0 bridgehead atoms. The van der Waals surface area contributed by atoms with Gasteiger partial charge in [0.15, 0.2) is 0 Å². The molecule has 0 saturated heterocycles. The Balaban J connectivity index is 1.61. The van der Waals surface area contributed by atoms with E-state index in [-0.39, 0.29) is 12.5 Å². The molecule has 3 aromatic heterocycles. The zero-order chi connectivity index (χ0) is 19.7. The molecule has 8 heteroatoms. The van der Waals surface area contributed by atoms with E-state index in [9.17, 15) is 9.59 Å². The fourth-order valence-electron chi connectivity index (χ4n) is 2.98. The van der Waals surface area contributed by atoms with E-state index in [0.717, 1.165) is 10.9 Å². The van der Waals surface area contributed by atoms with Crippen molar-refractivity contribution in [2.24, 2.45) is 0 Å². The van der Waals surface area contributed by atoms with Gasteiger partial charge in [-0.1, -0.05) is 0 Å². The average Bonchev–Trinajstić information content (AvgIpc) is 3.31. The van der Waals surface area contributed by atoms with Gasteiger partial charge in [0, 0.05) is 28.9 Å². The number of carbonyl (C=O) groups excluding carboxylic acids is 2. The number of fused-ring (bicyclic) bond motifs is 2. The molecular formula is C20H18N4O4. The lowest BCUT2D eigenvalue weighted by molar-refractivity contribution is 0.0528. The summed E-state index contributed by atoms with van der Waals surface area (Å²) >= 11 is 0. The van der Waals surface area contributed by atoms with Crippen molar-refractivity contribution < 1.29 is 19.1 Å². The first kappa shape index (κ1) is 17.6. The second-order valence-electron chi connectivity index (χ2n) is 6.11. The molecule has 2 N–H and O–H groups in total. The van der Waals surface area contributed by atoms with Crippen molar-refractivity contribution in [1.29, 1.82) is 0 Å². The number of esters is 1. The average molecular weight is 378 g/mol. The van der Waals surface area contributed by atoms with Gasteiger partial charge in [-0.3, -0.25) is 4.79 Å². The SMILES string of the molecule is CCOC(=O)c1cnn2ccc(NC(=O)c3cc4ccc(OC)cc4[nH]3)cc12.